The van der Waals surface area contributed by atoms with Gasteiger partial charge in [0.25, 0.3) is 0 Å². The van der Waals surface area contributed by atoms with Gasteiger partial charge in [0.15, 0.2) is 0 Å². The third kappa shape index (κ3) is 4.21. The second-order valence-electron chi connectivity index (χ2n) is 3.20. The SMILES string of the molecule is [N-]=[N+]=NCCC#Cc1ccc(C(F)(F)F)c(Cl)c1. The van der Waals surface area contributed by atoms with E-state index in [0.717, 1.165) is 12.1 Å². The fourth-order valence-corrected chi connectivity index (χ4v) is 1.43. The van der Waals surface area contributed by atoms with Gasteiger partial charge in [-0.15, -0.1) is 0 Å². The number of rotatable bonds is 2. The van der Waals surface area contributed by atoms with Crippen molar-refractivity contribution in [2.45, 2.75) is 12.6 Å². The maximum absolute atomic E-state index is 12.4. The van der Waals surface area contributed by atoms with Gasteiger partial charge in [0.2, 0.25) is 0 Å². The summed E-state index contributed by atoms with van der Waals surface area (Å²) in [6.07, 6.45) is -4.13. The van der Waals surface area contributed by atoms with Gasteiger partial charge in [-0.2, -0.15) is 13.2 Å². The predicted molar refractivity (Wildman–Crippen MR) is 62.0 cm³/mol. The Morgan fingerprint density at radius 3 is 2.67 bits per heavy atom. The second-order valence-corrected chi connectivity index (χ2v) is 3.61. The van der Waals surface area contributed by atoms with Crippen molar-refractivity contribution in [2.75, 3.05) is 6.54 Å². The van der Waals surface area contributed by atoms with Crippen molar-refractivity contribution < 1.29 is 13.2 Å². The van der Waals surface area contributed by atoms with Crippen LogP contribution in [0.1, 0.15) is 17.5 Å². The molecule has 1 aromatic carbocycles. The molecule has 0 amide bonds. The highest BCUT2D eigenvalue weighted by Gasteiger charge is 2.32. The molecular formula is C11H7ClF3N3. The minimum absolute atomic E-state index is 0.220. The molecule has 0 heterocycles. The van der Waals surface area contributed by atoms with Crippen LogP contribution in [0.25, 0.3) is 10.4 Å². The summed E-state index contributed by atoms with van der Waals surface area (Å²) >= 11 is 5.52. The molecule has 0 atom stereocenters. The Hall–Kier alpha value is -1.83. The molecule has 0 aliphatic carbocycles. The minimum atomic E-state index is -4.47. The van der Waals surface area contributed by atoms with Crippen LogP contribution in [0, 0.1) is 11.8 Å². The van der Waals surface area contributed by atoms with Gasteiger partial charge in [-0.1, -0.05) is 28.6 Å². The third-order valence-corrected chi connectivity index (χ3v) is 2.22. The Balaban J connectivity index is 2.82. The highest BCUT2D eigenvalue weighted by Crippen LogP contribution is 2.34. The van der Waals surface area contributed by atoms with Gasteiger partial charge < -0.3 is 0 Å². The largest absolute Gasteiger partial charge is 0.417 e. The fourth-order valence-electron chi connectivity index (χ4n) is 1.14. The van der Waals surface area contributed by atoms with Crippen LogP contribution in [0.5, 0.6) is 0 Å². The highest BCUT2D eigenvalue weighted by atomic mass is 35.5. The van der Waals surface area contributed by atoms with Crippen molar-refractivity contribution in [3.63, 3.8) is 0 Å². The number of alkyl halides is 3. The summed E-state index contributed by atoms with van der Waals surface area (Å²) in [5.41, 5.74) is 7.51. The monoisotopic (exact) mass is 273 g/mol. The lowest BCUT2D eigenvalue weighted by molar-refractivity contribution is -0.137. The van der Waals surface area contributed by atoms with Crippen molar-refractivity contribution in [3.05, 3.63) is 44.8 Å². The molecule has 18 heavy (non-hydrogen) atoms. The molecule has 1 rings (SSSR count). The molecule has 0 aliphatic heterocycles. The Kier molecular flexibility index (Phi) is 4.90. The molecule has 0 fully saturated rings. The Morgan fingerprint density at radius 2 is 2.11 bits per heavy atom. The standard InChI is InChI=1S/C11H7ClF3N3/c12-10-7-8(3-1-2-6-17-18-16)4-5-9(10)11(13,14)15/h4-5,7H,2,6H2. The van der Waals surface area contributed by atoms with E-state index in [2.05, 4.69) is 21.9 Å². The van der Waals surface area contributed by atoms with Crippen LogP contribution in [-0.2, 0) is 6.18 Å². The third-order valence-electron chi connectivity index (χ3n) is 1.91. The van der Waals surface area contributed by atoms with E-state index >= 15 is 0 Å². The Labute approximate surface area is 106 Å². The normalized spacial score (nSPS) is 10.2. The zero-order valence-corrected chi connectivity index (χ0v) is 9.76. The van der Waals surface area contributed by atoms with Gasteiger partial charge in [0.05, 0.1) is 10.6 Å². The molecule has 0 radical (unpaired) electrons. The fraction of sp³-hybridized carbons (Fsp3) is 0.273. The van der Waals surface area contributed by atoms with E-state index in [0.29, 0.717) is 12.0 Å². The van der Waals surface area contributed by atoms with Crippen LogP contribution in [0.3, 0.4) is 0 Å². The Morgan fingerprint density at radius 1 is 1.39 bits per heavy atom. The van der Waals surface area contributed by atoms with Crippen molar-refractivity contribution in [1.29, 1.82) is 0 Å². The molecule has 0 aromatic heterocycles. The van der Waals surface area contributed by atoms with Gasteiger partial charge in [-0.3, -0.25) is 0 Å². The van der Waals surface area contributed by atoms with E-state index in [1.54, 1.807) is 0 Å². The van der Waals surface area contributed by atoms with E-state index < -0.39 is 11.7 Å². The first-order valence-electron chi connectivity index (χ1n) is 4.81. The summed E-state index contributed by atoms with van der Waals surface area (Å²) in [5, 5.41) is 2.89. The molecular weight excluding hydrogens is 267 g/mol. The molecule has 0 bridgehead atoms. The van der Waals surface area contributed by atoms with E-state index in [-0.39, 0.29) is 11.6 Å². The summed E-state index contributed by atoms with van der Waals surface area (Å²) < 4.78 is 37.2. The lowest BCUT2D eigenvalue weighted by Gasteiger charge is -2.08. The molecule has 0 saturated carbocycles. The zero-order chi connectivity index (χ0) is 13.6. The van der Waals surface area contributed by atoms with Crippen LogP contribution in [0.2, 0.25) is 5.02 Å². The number of hydrogen-bond acceptors (Lipinski definition) is 1. The van der Waals surface area contributed by atoms with Crippen molar-refractivity contribution in [3.8, 4) is 11.8 Å². The number of azide groups is 1. The molecule has 0 aliphatic rings. The van der Waals surface area contributed by atoms with Gasteiger partial charge in [-0.05, 0) is 23.7 Å². The van der Waals surface area contributed by atoms with Gasteiger partial charge >= 0.3 is 6.18 Å². The van der Waals surface area contributed by atoms with Crippen LogP contribution in [-0.4, -0.2) is 6.54 Å². The maximum Gasteiger partial charge on any atom is 0.417 e. The van der Waals surface area contributed by atoms with E-state index in [1.807, 2.05) is 0 Å². The minimum Gasteiger partial charge on any atom is -0.166 e. The number of hydrogen-bond donors (Lipinski definition) is 0. The van der Waals surface area contributed by atoms with Crippen LogP contribution < -0.4 is 0 Å². The molecule has 0 unspecified atom stereocenters. The summed E-state index contributed by atoms with van der Waals surface area (Å²) in [5.74, 6) is 5.31. The van der Waals surface area contributed by atoms with Gasteiger partial charge in [0, 0.05) is 23.4 Å². The number of benzene rings is 1. The summed E-state index contributed by atoms with van der Waals surface area (Å²) in [4.78, 5) is 2.54. The molecule has 0 spiro atoms. The smallest absolute Gasteiger partial charge is 0.166 e. The van der Waals surface area contributed by atoms with E-state index in [4.69, 9.17) is 17.1 Å². The average Bonchev–Trinajstić information content (AvgIpc) is 2.27. The van der Waals surface area contributed by atoms with Gasteiger partial charge in [-0.25, -0.2) is 0 Å². The molecule has 0 saturated heterocycles. The first-order valence-corrected chi connectivity index (χ1v) is 5.19. The molecule has 1 aromatic rings. The highest BCUT2D eigenvalue weighted by molar-refractivity contribution is 6.31. The first kappa shape index (κ1) is 14.2. The quantitative estimate of drug-likeness (QED) is 0.252. The molecule has 7 heteroatoms. The Bertz CT molecular complexity index is 537. The van der Waals surface area contributed by atoms with Crippen molar-refractivity contribution in [2.24, 2.45) is 5.11 Å². The molecule has 3 nitrogen and oxygen atoms in total. The maximum atomic E-state index is 12.4. The van der Waals surface area contributed by atoms with Crippen LogP contribution in [0.15, 0.2) is 23.3 Å². The lowest BCUT2D eigenvalue weighted by Crippen LogP contribution is -2.05. The topological polar surface area (TPSA) is 48.8 Å². The predicted octanol–water partition coefficient (Wildman–Crippen LogP) is 4.41. The van der Waals surface area contributed by atoms with E-state index in [9.17, 15) is 13.2 Å². The van der Waals surface area contributed by atoms with Crippen LogP contribution in [0.4, 0.5) is 13.2 Å². The average molecular weight is 274 g/mol. The van der Waals surface area contributed by atoms with Crippen molar-refractivity contribution >= 4 is 11.6 Å². The molecule has 0 N–H and O–H groups in total. The van der Waals surface area contributed by atoms with E-state index in [1.165, 1.54) is 6.07 Å². The van der Waals surface area contributed by atoms with Crippen molar-refractivity contribution in [1.82, 2.24) is 0 Å². The van der Waals surface area contributed by atoms with Gasteiger partial charge in [0.1, 0.15) is 0 Å². The zero-order valence-electron chi connectivity index (χ0n) is 9.00. The number of nitrogens with zero attached hydrogens (tertiary/aromatic N) is 3. The summed E-state index contributed by atoms with van der Waals surface area (Å²) in [6, 6.07) is 3.29. The lowest BCUT2D eigenvalue weighted by atomic mass is 10.1. The first-order chi connectivity index (χ1) is 8.45. The summed E-state index contributed by atoms with van der Waals surface area (Å²) in [6.45, 7) is 0.220. The molecule has 94 valence electrons. The van der Waals surface area contributed by atoms with Crippen LogP contribution >= 0.6 is 11.6 Å². The summed E-state index contributed by atoms with van der Waals surface area (Å²) in [7, 11) is 0. The number of halogens is 4. The second kappa shape index (κ2) is 6.20.